The highest BCUT2D eigenvalue weighted by Crippen LogP contribution is 2.20. The van der Waals surface area contributed by atoms with Gasteiger partial charge in [-0.25, -0.2) is 4.39 Å². The Morgan fingerprint density at radius 2 is 1.95 bits per heavy atom. The zero-order chi connectivity index (χ0) is 14.4. The quantitative estimate of drug-likeness (QED) is 0.870. The van der Waals surface area contributed by atoms with E-state index in [-0.39, 0.29) is 12.2 Å². The van der Waals surface area contributed by atoms with E-state index in [0.717, 1.165) is 32.5 Å². The first kappa shape index (κ1) is 14.8. The Bertz CT molecular complexity index is 427. The molecule has 1 aromatic rings. The molecule has 20 heavy (non-hydrogen) atoms. The summed E-state index contributed by atoms with van der Waals surface area (Å²) in [4.78, 5) is 12.9. The molecule has 1 fully saturated rings. The van der Waals surface area contributed by atoms with Crippen LogP contribution in [-0.2, 0) is 4.79 Å². The molecule has 0 aliphatic carbocycles. The third-order valence-electron chi connectivity index (χ3n) is 3.66. The normalized spacial score (nSPS) is 17.1. The number of aliphatic carboxylic acids is 1. The van der Waals surface area contributed by atoms with Gasteiger partial charge in [0.25, 0.3) is 0 Å². The van der Waals surface area contributed by atoms with Gasteiger partial charge in [0, 0.05) is 13.0 Å². The minimum absolute atomic E-state index is 0.266. The number of nitrogens with zero attached hydrogens (tertiary/aromatic N) is 1. The Morgan fingerprint density at radius 1 is 1.30 bits per heavy atom. The molecule has 0 radical (unpaired) electrons. The molecule has 0 spiro atoms. The summed E-state index contributed by atoms with van der Waals surface area (Å²) in [5.41, 5.74) is 0. The van der Waals surface area contributed by atoms with Gasteiger partial charge >= 0.3 is 5.97 Å². The second-order valence-corrected chi connectivity index (χ2v) is 5.19. The van der Waals surface area contributed by atoms with E-state index in [0.29, 0.717) is 18.3 Å². The molecule has 0 atom stereocenters. The molecule has 1 N–H and O–H groups in total. The Morgan fingerprint density at radius 3 is 2.55 bits per heavy atom. The number of ether oxygens (including phenoxy) is 1. The molecule has 1 heterocycles. The van der Waals surface area contributed by atoms with Crippen LogP contribution in [0, 0.1) is 11.7 Å². The summed E-state index contributed by atoms with van der Waals surface area (Å²) < 4.78 is 18.3. The second-order valence-electron chi connectivity index (χ2n) is 5.19. The van der Waals surface area contributed by atoms with E-state index in [1.807, 2.05) is 0 Å². The SMILES string of the molecule is O=C(O)CC1CCN(CCOc2ccc(F)cc2)CC1. The maximum Gasteiger partial charge on any atom is 0.303 e. The first-order chi connectivity index (χ1) is 9.63. The molecule has 110 valence electrons. The summed E-state index contributed by atoms with van der Waals surface area (Å²) in [5.74, 6) is 0.00914. The Hall–Kier alpha value is -1.62. The highest BCUT2D eigenvalue weighted by molar-refractivity contribution is 5.67. The maximum atomic E-state index is 12.7. The van der Waals surface area contributed by atoms with Crippen molar-refractivity contribution in [3.63, 3.8) is 0 Å². The van der Waals surface area contributed by atoms with E-state index in [1.165, 1.54) is 12.1 Å². The summed E-state index contributed by atoms with van der Waals surface area (Å²) in [6.07, 6.45) is 2.14. The molecular weight excluding hydrogens is 261 g/mol. The van der Waals surface area contributed by atoms with Crippen LogP contribution in [0.1, 0.15) is 19.3 Å². The van der Waals surface area contributed by atoms with E-state index in [4.69, 9.17) is 9.84 Å². The smallest absolute Gasteiger partial charge is 0.303 e. The molecule has 1 aliphatic heterocycles. The van der Waals surface area contributed by atoms with Crippen molar-refractivity contribution in [1.29, 1.82) is 0 Å². The van der Waals surface area contributed by atoms with Gasteiger partial charge < -0.3 is 9.84 Å². The van der Waals surface area contributed by atoms with Crippen LogP contribution >= 0.6 is 0 Å². The van der Waals surface area contributed by atoms with Gasteiger partial charge in [-0.2, -0.15) is 0 Å². The number of hydrogen-bond donors (Lipinski definition) is 1. The predicted molar refractivity (Wildman–Crippen MR) is 73.3 cm³/mol. The molecule has 0 bridgehead atoms. The van der Waals surface area contributed by atoms with Crippen LogP contribution in [0.3, 0.4) is 0 Å². The molecule has 0 unspecified atom stereocenters. The van der Waals surface area contributed by atoms with Gasteiger partial charge in [0.15, 0.2) is 0 Å². The van der Waals surface area contributed by atoms with Crippen molar-refractivity contribution in [2.24, 2.45) is 5.92 Å². The lowest BCUT2D eigenvalue weighted by Crippen LogP contribution is -2.37. The highest BCUT2D eigenvalue weighted by atomic mass is 19.1. The van der Waals surface area contributed by atoms with Gasteiger partial charge in [0.1, 0.15) is 18.2 Å². The molecule has 4 nitrogen and oxygen atoms in total. The largest absolute Gasteiger partial charge is 0.492 e. The van der Waals surface area contributed by atoms with Crippen LogP contribution in [0.5, 0.6) is 5.75 Å². The minimum atomic E-state index is -0.705. The highest BCUT2D eigenvalue weighted by Gasteiger charge is 2.20. The van der Waals surface area contributed by atoms with Crippen LogP contribution in [0.2, 0.25) is 0 Å². The van der Waals surface area contributed by atoms with E-state index in [9.17, 15) is 9.18 Å². The van der Waals surface area contributed by atoms with E-state index < -0.39 is 5.97 Å². The van der Waals surface area contributed by atoms with E-state index in [2.05, 4.69) is 4.90 Å². The number of carbonyl (C=O) groups is 1. The van der Waals surface area contributed by atoms with Crippen LogP contribution in [-0.4, -0.2) is 42.2 Å². The van der Waals surface area contributed by atoms with Crippen LogP contribution in [0.15, 0.2) is 24.3 Å². The fourth-order valence-corrected chi connectivity index (χ4v) is 2.48. The number of hydrogen-bond acceptors (Lipinski definition) is 3. The second kappa shape index (κ2) is 7.24. The first-order valence-electron chi connectivity index (χ1n) is 6.96. The van der Waals surface area contributed by atoms with Crippen LogP contribution in [0.25, 0.3) is 0 Å². The molecule has 2 rings (SSSR count). The van der Waals surface area contributed by atoms with Gasteiger partial charge in [-0.3, -0.25) is 9.69 Å². The van der Waals surface area contributed by atoms with Crippen LogP contribution in [0.4, 0.5) is 4.39 Å². The summed E-state index contributed by atoms with van der Waals surface area (Å²) in [7, 11) is 0. The third kappa shape index (κ3) is 4.81. The van der Waals surface area contributed by atoms with Crippen molar-refractivity contribution < 1.29 is 19.0 Å². The van der Waals surface area contributed by atoms with Crippen LogP contribution < -0.4 is 4.74 Å². The fourth-order valence-electron chi connectivity index (χ4n) is 2.48. The maximum absolute atomic E-state index is 12.7. The number of likely N-dealkylation sites (tertiary alicyclic amines) is 1. The molecule has 1 aliphatic rings. The molecule has 1 aromatic carbocycles. The zero-order valence-electron chi connectivity index (χ0n) is 11.4. The molecule has 0 saturated carbocycles. The van der Waals surface area contributed by atoms with Gasteiger partial charge in [0.2, 0.25) is 0 Å². The lowest BCUT2D eigenvalue weighted by atomic mass is 9.94. The molecule has 0 amide bonds. The first-order valence-corrected chi connectivity index (χ1v) is 6.96. The third-order valence-corrected chi connectivity index (χ3v) is 3.66. The number of rotatable bonds is 6. The average Bonchev–Trinajstić information content (AvgIpc) is 2.42. The number of carboxylic acid groups (broad SMARTS) is 1. The van der Waals surface area contributed by atoms with E-state index >= 15 is 0 Å². The van der Waals surface area contributed by atoms with Crippen molar-refractivity contribution in [2.45, 2.75) is 19.3 Å². The van der Waals surface area contributed by atoms with Gasteiger partial charge in [-0.1, -0.05) is 0 Å². The van der Waals surface area contributed by atoms with Crippen molar-refractivity contribution in [2.75, 3.05) is 26.2 Å². The summed E-state index contributed by atoms with van der Waals surface area (Å²) in [5, 5.41) is 8.76. The minimum Gasteiger partial charge on any atom is -0.492 e. The summed E-state index contributed by atoms with van der Waals surface area (Å²) >= 11 is 0. The Labute approximate surface area is 118 Å². The van der Waals surface area contributed by atoms with Crippen molar-refractivity contribution >= 4 is 5.97 Å². The number of piperidine rings is 1. The average molecular weight is 281 g/mol. The standard InChI is InChI=1S/C15H20FNO3/c16-13-1-3-14(4-2-13)20-10-9-17-7-5-12(6-8-17)11-15(18)19/h1-4,12H,5-11H2,(H,18,19). The molecule has 0 aromatic heterocycles. The van der Waals surface area contributed by atoms with Gasteiger partial charge in [-0.05, 0) is 56.1 Å². The van der Waals surface area contributed by atoms with Crippen molar-refractivity contribution in [1.82, 2.24) is 4.90 Å². The number of carboxylic acids is 1. The topological polar surface area (TPSA) is 49.8 Å². The van der Waals surface area contributed by atoms with Crippen molar-refractivity contribution in [3.8, 4) is 5.75 Å². The number of halogens is 1. The lowest BCUT2D eigenvalue weighted by molar-refractivity contribution is -0.138. The monoisotopic (exact) mass is 281 g/mol. The molecule has 5 heteroatoms. The number of benzene rings is 1. The molecular formula is C15H20FNO3. The van der Waals surface area contributed by atoms with Gasteiger partial charge in [-0.15, -0.1) is 0 Å². The predicted octanol–water partition coefficient (Wildman–Crippen LogP) is 2.39. The Balaban J connectivity index is 1.63. The van der Waals surface area contributed by atoms with Gasteiger partial charge in [0.05, 0.1) is 0 Å². The Kier molecular flexibility index (Phi) is 5.35. The summed E-state index contributed by atoms with van der Waals surface area (Å²) in [6.45, 7) is 3.22. The fraction of sp³-hybridized carbons (Fsp3) is 0.533. The lowest BCUT2D eigenvalue weighted by Gasteiger charge is -2.31. The van der Waals surface area contributed by atoms with E-state index in [1.54, 1.807) is 12.1 Å². The molecule has 1 saturated heterocycles. The zero-order valence-corrected chi connectivity index (χ0v) is 11.4. The van der Waals surface area contributed by atoms with Crippen molar-refractivity contribution in [3.05, 3.63) is 30.1 Å². The summed E-state index contributed by atoms with van der Waals surface area (Å²) in [6, 6.07) is 6.00.